The molecule has 0 N–H and O–H groups in total. The van der Waals surface area contributed by atoms with Crippen molar-refractivity contribution in [2.45, 2.75) is 45.2 Å². The molecule has 0 amide bonds. The van der Waals surface area contributed by atoms with Crippen LogP contribution in [0.15, 0.2) is 64.4 Å². The Labute approximate surface area is 116 Å². The van der Waals surface area contributed by atoms with Crippen molar-refractivity contribution in [3.63, 3.8) is 0 Å². The van der Waals surface area contributed by atoms with Crippen LogP contribution in [-0.4, -0.2) is 5.54 Å². The highest BCUT2D eigenvalue weighted by Crippen LogP contribution is 2.29. The average Bonchev–Trinajstić information content (AvgIpc) is 2.87. The molecular formula is C17H22N2. The third-order valence-electron chi connectivity index (χ3n) is 2.99. The first kappa shape index (κ1) is 13.7. The van der Waals surface area contributed by atoms with Gasteiger partial charge in [-0.15, -0.1) is 0 Å². The first-order chi connectivity index (χ1) is 9.04. The number of hydrogen-bond acceptors (Lipinski definition) is 2. The van der Waals surface area contributed by atoms with Crippen LogP contribution in [0.1, 0.15) is 45.2 Å². The average molecular weight is 254 g/mol. The van der Waals surface area contributed by atoms with Crippen LogP contribution >= 0.6 is 0 Å². The molecule has 19 heavy (non-hydrogen) atoms. The van der Waals surface area contributed by atoms with Gasteiger partial charge in [0.05, 0.1) is 11.6 Å². The molecule has 1 aliphatic rings. The molecular weight excluding hydrogens is 232 g/mol. The molecule has 1 unspecified atom stereocenters. The minimum Gasteiger partial charge on any atom is -0.188 e. The minimum atomic E-state index is -0.116. The molecule has 0 radical (unpaired) electrons. The van der Waals surface area contributed by atoms with Crippen molar-refractivity contribution < 1.29 is 0 Å². The van der Waals surface area contributed by atoms with Crippen molar-refractivity contribution in [2.75, 3.05) is 0 Å². The van der Waals surface area contributed by atoms with Crippen LogP contribution in [0.4, 0.5) is 0 Å². The largest absolute Gasteiger partial charge is 0.188 e. The highest BCUT2D eigenvalue weighted by Gasteiger charge is 2.15. The number of allylic oxidation sites excluding steroid dienone is 3. The molecule has 0 spiro atoms. The molecule has 1 aromatic carbocycles. The second-order valence-corrected chi connectivity index (χ2v) is 5.97. The number of azo groups is 1. The van der Waals surface area contributed by atoms with Gasteiger partial charge in [-0.3, -0.25) is 0 Å². The van der Waals surface area contributed by atoms with Crippen LogP contribution in [-0.2, 0) is 0 Å². The Morgan fingerprint density at radius 2 is 1.89 bits per heavy atom. The van der Waals surface area contributed by atoms with Gasteiger partial charge in [-0.2, -0.15) is 10.2 Å². The zero-order valence-electron chi connectivity index (χ0n) is 12.0. The van der Waals surface area contributed by atoms with Crippen molar-refractivity contribution in [3.05, 3.63) is 59.7 Å². The predicted octanol–water partition coefficient (Wildman–Crippen LogP) is 5.25. The second kappa shape index (κ2) is 5.96. The van der Waals surface area contributed by atoms with Gasteiger partial charge in [0.25, 0.3) is 0 Å². The van der Waals surface area contributed by atoms with Gasteiger partial charge in [-0.1, -0.05) is 54.1 Å². The van der Waals surface area contributed by atoms with Gasteiger partial charge in [-0.05, 0) is 39.2 Å². The summed E-state index contributed by atoms with van der Waals surface area (Å²) in [6.45, 7) is 6.23. The van der Waals surface area contributed by atoms with Gasteiger partial charge in [0.2, 0.25) is 0 Å². The molecule has 0 bridgehead atoms. The Bertz CT molecular complexity index is 490. The van der Waals surface area contributed by atoms with Crippen molar-refractivity contribution >= 4 is 0 Å². The van der Waals surface area contributed by atoms with E-state index in [4.69, 9.17) is 0 Å². The van der Waals surface area contributed by atoms with Crippen LogP contribution in [0.2, 0.25) is 0 Å². The van der Waals surface area contributed by atoms with Crippen molar-refractivity contribution in [2.24, 2.45) is 10.2 Å². The summed E-state index contributed by atoms with van der Waals surface area (Å²) >= 11 is 0. The molecule has 0 aliphatic heterocycles. The lowest BCUT2D eigenvalue weighted by molar-refractivity contribution is 0.509. The van der Waals surface area contributed by atoms with Crippen LogP contribution in [0, 0.1) is 0 Å². The maximum atomic E-state index is 4.59. The molecule has 1 aromatic rings. The first-order valence-electron chi connectivity index (χ1n) is 6.86. The van der Waals surface area contributed by atoms with Gasteiger partial charge >= 0.3 is 0 Å². The van der Waals surface area contributed by atoms with Crippen molar-refractivity contribution in [3.8, 4) is 0 Å². The van der Waals surface area contributed by atoms with Gasteiger partial charge in [0, 0.05) is 0 Å². The van der Waals surface area contributed by atoms with E-state index in [2.05, 4.69) is 73.5 Å². The van der Waals surface area contributed by atoms with Gasteiger partial charge in [-0.25, -0.2) is 0 Å². The quantitative estimate of drug-likeness (QED) is 0.655. The summed E-state index contributed by atoms with van der Waals surface area (Å²) in [5, 5.41) is 9.04. The van der Waals surface area contributed by atoms with Gasteiger partial charge in [0.15, 0.2) is 0 Å². The fourth-order valence-electron chi connectivity index (χ4n) is 2.03. The van der Waals surface area contributed by atoms with E-state index in [9.17, 15) is 0 Å². The zero-order valence-corrected chi connectivity index (χ0v) is 12.0. The molecule has 0 saturated heterocycles. The standard InChI is InChI=1S/C17H22N2/c1-17(2,3)19-18-16(13-14-9-7-8-10-14)15-11-5-4-6-12-15/h4-9,11-12,16H,10,13H2,1-3H3. The molecule has 100 valence electrons. The number of rotatable bonds is 4. The summed E-state index contributed by atoms with van der Waals surface area (Å²) < 4.78 is 0. The minimum absolute atomic E-state index is 0.116. The Morgan fingerprint density at radius 3 is 2.47 bits per heavy atom. The normalized spacial score (nSPS) is 16.9. The van der Waals surface area contributed by atoms with Crippen molar-refractivity contribution in [1.29, 1.82) is 0 Å². The fourth-order valence-corrected chi connectivity index (χ4v) is 2.03. The molecule has 0 saturated carbocycles. The number of benzene rings is 1. The summed E-state index contributed by atoms with van der Waals surface area (Å²) in [5.41, 5.74) is 2.56. The van der Waals surface area contributed by atoms with Crippen LogP contribution < -0.4 is 0 Å². The lowest BCUT2D eigenvalue weighted by atomic mass is 9.99. The molecule has 1 aliphatic carbocycles. The summed E-state index contributed by atoms with van der Waals surface area (Å²) in [6, 6.07) is 10.6. The molecule has 0 heterocycles. The van der Waals surface area contributed by atoms with E-state index < -0.39 is 0 Å². The topological polar surface area (TPSA) is 24.7 Å². The van der Waals surface area contributed by atoms with E-state index in [1.807, 2.05) is 6.07 Å². The molecule has 2 rings (SSSR count). The Balaban J connectivity index is 2.16. The Kier molecular flexibility index (Phi) is 4.31. The third-order valence-corrected chi connectivity index (χ3v) is 2.99. The van der Waals surface area contributed by atoms with E-state index in [0.29, 0.717) is 0 Å². The van der Waals surface area contributed by atoms with Crippen LogP contribution in [0.5, 0.6) is 0 Å². The van der Waals surface area contributed by atoms with Gasteiger partial charge < -0.3 is 0 Å². The van der Waals surface area contributed by atoms with E-state index >= 15 is 0 Å². The van der Waals surface area contributed by atoms with Crippen LogP contribution in [0.25, 0.3) is 0 Å². The fraction of sp³-hybridized carbons (Fsp3) is 0.412. The lowest BCUT2D eigenvalue weighted by Gasteiger charge is -2.16. The summed E-state index contributed by atoms with van der Waals surface area (Å²) in [4.78, 5) is 0. The summed E-state index contributed by atoms with van der Waals surface area (Å²) in [7, 11) is 0. The van der Waals surface area contributed by atoms with Crippen molar-refractivity contribution in [1.82, 2.24) is 0 Å². The van der Waals surface area contributed by atoms with E-state index in [0.717, 1.165) is 12.8 Å². The lowest BCUT2D eigenvalue weighted by Crippen LogP contribution is -2.09. The third kappa shape index (κ3) is 4.47. The molecule has 2 heteroatoms. The molecule has 2 nitrogen and oxygen atoms in total. The number of nitrogens with zero attached hydrogens (tertiary/aromatic N) is 2. The van der Waals surface area contributed by atoms with Gasteiger partial charge in [0.1, 0.15) is 0 Å². The Hall–Kier alpha value is -1.70. The molecule has 0 aromatic heterocycles. The first-order valence-corrected chi connectivity index (χ1v) is 6.86. The van der Waals surface area contributed by atoms with Crippen LogP contribution in [0.3, 0.4) is 0 Å². The SMILES string of the molecule is CC(C)(C)N=NC(CC1=CC=CC1)c1ccccc1. The number of hydrogen-bond donors (Lipinski definition) is 0. The zero-order chi connectivity index (χ0) is 13.7. The van der Waals surface area contributed by atoms with E-state index in [1.165, 1.54) is 11.1 Å². The molecule has 1 atom stereocenters. The van der Waals surface area contributed by atoms with E-state index in [1.54, 1.807) is 0 Å². The Morgan fingerprint density at radius 1 is 1.16 bits per heavy atom. The maximum absolute atomic E-state index is 4.59. The highest BCUT2D eigenvalue weighted by atomic mass is 15.2. The monoisotopic (exact) mass is 254 g/mol. The molecule has 0 fully saturated rings. The smallest absolute Gasteiger partial charge is 0.0995 e. The summed E-state index contributed by atoms with van der Waals surface area (Å²) in [6.07, 6.45) is 8.52. The maximum Gasteiger partial charge on any atom is 0.0995 e. The van der Waals surface area contributed by atoms with E-state index in [-0.39, 0.29) is 11.6 Å². The predicted molar refractivity (Wildman–Crippen MR) is 80.2 cm³/mol. The second-order valence-electron chi connectivity index (χ2n) is 5.97. The highest BCUT2D eigenvalue weighted by molar-refractivity contribution is 5.27. The summed E-state index contributed by atoms with van der Waals surface area (Å²) in [5.74, 6) is 0.